The molecule has 4 aromatic heterocycles. The van der Waals surface area contributed by atoms with E-state index < -0.39 is 0 Å². The second kappa shape index (κ2) is 13.4. The smallest absolute Gasteiger partial charge is 0.0717 e. The number of hydrogen-bond donors (Lipinski definition) is 2. The molecule has 0 spiro atoms. The zero-order chi connectivity index (χ0) is 35.8. The summed E-state index contributed by atoms with van der Waals surface area (Å²) in [6, 6.07) is 37.2. The fraction of sp³-hybridized carbons (Fsp3) is 0.0417. The van der Waals surface area contributed by atoms with Crippen LogP contribution in [0.25, 0.3) is 88.1 Å². The van der Waals surface area contributed by atoms with Crippen LogP contribution in [0, 0.1) is 0 Å². The van der Waals surface area contributed by atoms with E-state index in [0.717, 1.165) is 69.1 Å². The quantitative estimate of drug-likeness (QED) is 0.169. The zero-order valence-corrected chi connectivity index (χ0v) is 29.4. The fourth-order valence-electron chi connectivity index (χ4n) is 7.58. The molecule has 2 aliphatic heterocycles. The number of nitrogens with zero attached hydrogens (tertiary/aromatic N) is 4. The Hall–Kier alpha value is -7.18. The van der Waals surface area contributed by atoms with Gasteiger partial charge in [-0.05, 0) is 133 Å². The molecule has 54 heavy (non-hydrogen) atoms. The lowest BCUT2D eigenvalue weighted by Crippen LogP contribution is -2.12. The van der Waals surface area contributed by atoms with Gasteiger partial charge in [0.1, 0.15) is 0 Å². The topological polar surface area (TPSA) is 75.6 Å². The fourth-order valence-corrected chi connectivity index (χ4v) is 7.58. The second-order valence-corrected chi connectivity index (χ2v) is 13.7. The predicted octanol–water partition coefficient (Wildman–Crippen LogP) is 10.4. The van der Waals surface area contributed by atoms with E-state index in [1.165, 1.54) is 43.5 Å². The molecule has 0 atom stereocenters. The van der Waals surface area contributed by atoms with E-state index in [1.54, 1.807) is 6.20 Å². The molecular weight excluding hydrogens is 661 g/mol. The molecular formula is C48H34N6. The van der Waals surface area contributed by atoms with Crippen molar-refractivity contribution in [1.82, 2.24) is 30.6 Å². The second-order valence-electron chi connectivity index (χ2n) is 13.7. The van der Waals surface area contributed by atoms with Crippen LogP contribution >= 0.6 is 0 Å². The summed E-state index contributed by atoms with van der Waals surface area (Å²) in [5, 5.41) is 13.8. The molecule has 10 rings (SSSR count). The van der Waals surface area contributed by atoms with E-state index in [1.807, 2.05) is 61.5 Å². The molecule has 2 N–H and O–H groups in total. The van der Waals surface area contributed by atoms with E-state index in [2.05, 4.69) is 119 Å². The first-order valence-electron chi connectivity index (χ1n) is 18.2. The Bertz CT molecular complexity index is 2720. The summed E-state index contributed by atoms with van der Waals surface area (Å²) in [4.78, 5) is 18.8. The molecule has 256 valence electrons. The third-order valence-corrected chi connectivity index (χ3v) is 10.4. The average Bonchev–Trinajstić information content (AvgIpc) is 3.27. The van der Waals surface area contributed by atoms with Gasteiger partial charge in [-0.15, -0.1) is 0 Å². The van der Waals surface area contributed by atoms with Crippen LogP contribution in [0.4, 0.5) is 0 Å². The summed E-state index contributed by atoms with van der Waals surface area (Å²) >= 11 is 0. The number of nitrogens with one attached hydrogen (secondary N) is 2. The van der Waals surface area contributed by atoms with Crippen LogP contribution < -0.4 is 10.6 Å². The van der Waals surface area contributed by atoms with Crippen LogP contribution in [0.15, 0.2) is 171 Å². The summed E-state index contributed by atoms with van der Waals surface area (Å²) in [5.74, 6) is 0. The number of rotatable bonds is 6. The van der Waals surface area contributed by atoms with Gasteiger partial charge in [0.2, 0.25) is 0 Å². The molecule has 0 saturated carbocycles. The van der Waals surface area contributed by atoms with E-state index in [-0.39, 0.29) is 0 Å². The normalized spacial score (nSPS) is 13.8. The minimum Gasteiger partial charge on any atom is -0.387 e. The van der Waals surface area contributed by atoms with Gasteiger partial charge in [0.25, 0.3) is 0 Å². The van der Waals surface area contributed by atoms with Crippen molar-refractivity contribution in [2.75, 3.05) is 13.1 Å². The third-order valence-electron chi connectivity index (χ3n) is 10.4. The van der Waals surface area contributed by atoms with E-state index in [0.29, 0.717) is 0 Å². The van der Waals surface area contributed by atoms with Crippen LogP contribution in [-0.2, 0) is 0 Å². The van der Waals surface area contributed by atoms with Crippen molar-refractivity contribution >= 4 is 43.5 Å². The maximum absolute atomic E-state index is 4.86. The first-order valence-corrected chi connectivity index (χ1v) is 18.2. The molecule has 6 heterocycles. The number of hydrogen-bond acceptors (Lipinski definition) is 6. The molecule has 0 fully saturated rings. The number of allylic oxidation sites excluding steroid dienone is 4. The van der Waals surface area contributed by atoms with Gasteiger partial charge >= 0.3 is 0 Å². The number of benzene rings is 4. The van der Waals surface area contributed by atoms with Crippen LogP contribution in [0.3, 0.4) is 0 Å². The van der Waals surface area contributed by atoms with Crippen LogP contribution in [0.2, 0.25) is 0 Å². The minimum absolute atomic E-state index is 0.778. The molecule has 2 aliphatic rings. The Morgan fingerprint density at radius 1 is 0.389 bits per heavy atom. The highest BCUT2D eigenvalue weighted by atomic mass is 14.8. The van der Waals surface area contributed by atoms with Gasteiger partial charge in [-0.1, -0.05) is 66.7 Å². The molecule has 0 aliphatic carbocycles. The lowest BCUT2D eigenvalue weighted by Gasteiger charge is -2.15. The van der Waals surface area contributed by atoms with Crippen molar-refractivity contribution in [1.29, 1.82) is 0 Å². The van der Waals surface area contributed by atoms with Crippen molar-refractivity contribution in [3.05, 3.63) is 182 Å². The monoisotopic (exact) mass is 694 g/mol. The molecule has 0 amide bonds. The third kappa shape index (κ3) is 5.80. The number of pyridine rings is 4. The zero-order valence-electron chi connectivity index (χ0n) is 29.4. The molecule has 4 aromatic carbocycles. The Kier molecular flexibility index (Phi) is 7.84. The van der Waals surface area contributed by atoms with Crippen molar-refractivity contribution in [2.24, 2.45) is 0 Å². The SMILES string of the molecule is C1=CNCC(c2ccc(-c3ccc4c(c3)c3ccc(-c5ccc(-c6cccnc6)nc5)cc3c3ccc(-c5ccc(C6=CC=CNC6)nc5)cc43)cn2)=C1. The Labute approximate surface area is 313 Å². The molecule has 6 heteroatoms. The Morgan fingerprint density at radius 3 is 1.20 bits per heavy atom. The van der Waals surface area contributed by atoms with Crippen molar-refractivity contribution in [3.8, 4) is 44.6 Å². The summed E-state index contributed by atoms with van der Waals surface area (Å²) < 4.78 is 0. The van der Waals surface area contributed by atoms with Gasteiger partial charge in [0, 0.05) is 66.3 Å². The van der Waals surface area contributed by atoms with E-state index >= 15 is 0 Å². The summed E-state index contributed by atoms with van der Waals surface area (Å²) in [6.45, 7) is 1.56. The van der Waals surface area contributed by atoms with Crippen LogP contribution in [0.1, 0.15) is 11.4 Å². The van der Waals surface area contributed by atoms with Crippen molar-refractivity contribution in [3.63, 3.8) is 0 Å². The van der Waals surface area contributed by atoms with Gasteiger partial charge in [-0.3, -0.25) is 19.9 Å². The molecule has 6 nitrogen and oxygen atoms in total. The standard InChI is InChI=1S/C48H34N6/c1-4-37(25-49-19-1)46-16-10-34(28-52-46)31-7-13-40-43(22-31)41-14-8-32(35-11-17-47(53-29-35)38-5-2-20-50-26-38)24-45(41)42-15-9-33(23-44(40)42)36-12-18-48(54-30-36)39-6-3-21-51-27-39/h1-25,28-30,50-51H,26-27H2. The first kappa shape index (κ1) is 31.5. The molecule has 0 saturated heterocycles. The highest BCUT2D eigenvalue weighted by molar-refractivity contribution is 6.26. The Balaban J connectivity index is 1.11. The van der Waals surface area contributed by atoms with Crippen molar-refractivity contribution < 1.29 is 0 Å². The summed E-state index contributed by atoms with van der Waals surface area (Å²) in [7, 11) is 0. The van der Waals surface area contributed by atoms with E-state index in [4.69, 9.17) is 15.0 Å². The lowest BCUT2D eigenvalue weighted by molar-refractivity contribution is 0.978. The maximum atomic E-state index is 4.86. The van der Waals surface area contributed by atoms with Gasteiger partial charge in [-0.25, -0.2) is 0 Å². The highest BCUT2D eigenvalue weighted by Gasteiger charge is 2.15. The number of aromatic nitrogens is 4. The van der Waals surface area contributed by atoms with E-state index in [9.17, 15) is 0 Å². The number of fused-ring (bicyclic) bond motifs is 6. The van der Waals surface area contributed by atoms with Crippen LogP contribution in [0.5, 0.6) is 0 Å². The largest absolute Gasteiger partial charge is 0.387 e. The van der Waals surface area contributed by atoms with Gasteiger partial charge in [0.05, 0.1) is 17.1 Å². The molecule has 0 bridgehead atoms. The number of dihydropyridines is 2. The first-order chi connectivity index (χ1) is 26.7. The Morgan fingerprint density at radius 2 is 0.833 bits per heavy atom. The lowest BCUT2D eigenvalue weighted by atomic mass is 9.89. The summed E-state index contributed by atoms with van der Waals surface area (Å²) in [5.41, 5.74) is 12.9. The maximum Gasteiger partial charge on any atom is 0.0717 e. The molecule has 0 radical (unpaired) electrons. The van der Waals surface area contributed by atoms with Gasteiger partial charge in [0.15, 0.2) is 0 Å². The molecule has 8 aromatic rings. The minimum atomic E-state index is 0.778. The summed E-state index contributed by atoms with van der Waals surface area (Å²) in [6.07, 6.45) is 21.8. The predicted molar refractivity (Wildman–Crippen MR) is 222 cm³/mol. The highest BCUT2D eigenvalue weighted by Crippen LogP contribution is 2.40. The van der Waals surface area contributed by atoms with Gasteiger partial charge in [-0.2, -0.15) is 0 Å². The molecule has 0 unspecified atom stereocenters. The van der Waals surface area contributed by atoms with Gasteiger partial charge < -0.3 is 10.6 Å². The van der Waals surface area contributed by atoms with Crippen molar-refractivity contribution in [2.45, 2.75) is 0 Å². The average molecular weight is 695 g/mol. The van der Waals surface area contributed by atoms with Crippen LogP contribution in [-0.4, -0.2) is 33.0 Å².